The van der Waals surface area contributed by atoms with E-state index in [4.69, 9.17) is 15.5 Å². The number of nitrogens with zero attached hydrogens (tertiary/aromatic N) is 2. The summed E-state index contributed by atoms with van der Waals surface area (Å²) in [7, 11) is 0. The summed E-state index contributed by atoms with van der Waals surface area (Å²) >= 11 is 0. The number of carbonyl (C=O) groups excluding carboxylic acids is 1. The van der Waals surface area contributed by atoms with Crippen LogP contribution in [-0.2, 0) is 29.0 Å². The first-order valence-electron chi connectivity index (χ1n) is 10.6. The van der Waals surface area contributed by atoms with Crippen LogP contribution in [0.4, 0.5) is 4.39 Å². The Kier molecular flexibility index (Phi) is 7.39. The summed E-state index contributed by atoms with van der Waals surface area (Å²) in [4.78, 5) is 16.6. The Morgan fingerprint density at radius 1 is 1.30 bits per heavy atom. The molecule has 1 atom stereocenters. The average molecular weight is 415 g/mol. The lowest BCUT2D eigenvalue weighted by molar-refractivity contribution is -0.121. The zero-order chi connectivity index (χ0) is 21.7. The summed E-state index contributed by atoms with van der Waals surface area (Å²) in [6.07, 6.45) is 3.81. The van der Waals surface area contributed by atoms with Crippen molar-refractivity contribution in [1.82, 2.24) is 14.9 Å². The maximum atomic E-state index is 13.3. The molecule has 162 valence electrons. The van der Waals surface area contributed by atoms with Gasteiger partial charge in [-0.15, -0.1) is 0 Å². The van der Waals surface area contributed by atoms with Crippen LogP contribution in [0.1, 0.15) is 50.0 Å². The topological polar surface area (TPSA) is 82.2 Å². The Morgan fingerprint density at radius 2 is 2.03 bits per heavy atom. The van der Waals surface area contributed by atoms with E-state index in [2.05, 4.69) is 16.0 Å². The molecule has 1 amide bonds. The molecule has 3 rings (SSSR count). The van der Waals surface area contributed by atoms with Gasteiger partial charge in [-0.05, 0) is 55.0 Å². The van der Waals surface area contributed by atoms with Gasteiger partial charge in [0.1, 0.15) is 11.6 Å². The van der Waals surface area contributed by atoms with E-state index in [-0.39, 0.29) is 17.6 Å². The maximum absolute atomic E-state index is 13.3. The summed E-state index contributed by atoms with van der Waals surface area (Å²) < 4.78 is 21.0. The van der Waals surface area contributed by atoms with Crippen LogP contribution in [0.3, 0.4) is 0 Å². The number of aryl methyl sites for hydroxylation is 1. The molecule has 0 radical (unpaired) electrons. The Balaban J connectivity index is 1.90. The molecule has 7 heteroatoms. The van der Waals surface area contributed by atoms with E-state index in [1.54, 1.807) is 0 Å². The van der Waals surface area contributed by atoms with Crippen LogP contribution >= 0.6 is 0 Å². The highest BCUT2D eigenvalue weighted by Gasteiger charge is 2.23. The van der Waals surface area contributed by atoms with Crippen LogP contribution in [0.15, 0.2) is 24.3 Å². The number of nitrogens with one attached hydrogen (secondary N) is 1. The van der Waals surface area contributed by atoms with Gasteiger partial charge in [0.15, 0.2) is 0 Å². The molecule has 1 heterocycles. The van der Waals surface area contributed by atoms with E-state index < -0.39 is 6.04 Å². The monoisotopic (exact) mass is 414 g/mol. The number of aromatic nitrogens is 2. The fourth-order valence-corrected chi connectivity index (χ4v) is 3.85. The van der Waals surface area contributed by atoms with Gasteiger partial charge in [-0.1, -0.05) is 26.0 Å². The summed E-state index contributed by atoms with van der Waals surface area (Å²) in [5.41, 5.74) is 9.82. The van der Waals surface area contributed by atoms with Gasteiger partial charge in [0.2, 0.25) is 5.91 Å². The summed E-state index contributed by atoms with van der Waals surface area (Å²) in [6, 6.07) is 6.20. The fourth-order valence-electron chi connectivity index (χ4n) is 3.85. The van der Waals surface area contributed by atoms with Crippen LogP contribution in [0.2, 0.25) is 0 Å². The molecule has 0 spiro atoms. The van der Waals surface area contributed by atoms with Crippen molar-refractivity contribution in [2.24, 2.45) is 11.7 Å². The molecule has 0 saturated heterocycles. The fraction of sp³-hybridized carbons (Fsp3) is 0.478. The highest BCUT2D eigenvalue weighted by molar-refractivity contribution is 5.83. The number of carbonyl (C=O) groups is 1. The Morgan fingerprint density at radius 3 is 2.67 bits per heavy atom. The number of halogens is 1. The SMILES string of the molecule is CCOCCn1c(CN[C@H](C(N)=O)C(C)C)nc2c1C=C(c1ccc(F)cc1)CC2. The van der Waals surface area contributed by atoms with Crippen molar-refractivity contribution in [3.63, 3.8) is 0 Å². The minimum Gasteiger partial charge on any atom is -0.380 e. The number of rotatable bonds is 10. The molecule has 0 saturated carbocycles. The number of fused-ring (bicyclic) bond motifs is 1. The minimum absolute atomic E-state index is 0.0916. The Bertz CT molecular complexity index is 903. The molecule has 6 nitrogen and oxygen atoms in total. The zero-order valence-corrected chi connectivity index (χ0v) is 18.0. The van der Waals surface area contributed by atoms with Crippen molar-refractivity contribution >= 4 is 17.6 Å². The smallest absolute Gasteiger partial charge is 0.234 e. The van der Waals surface area contributed by atoms with E-state index in [9.17, 15) is 9.18 Å². The van der Waals surface area contributed by atoms with E-state index in [1.807, 2.05) is 32.9 Å². The third kappa shape index (κ3) is 5.15. The highest BCUT2D eigenvalue weighted by atomic mass is 19.1. The van der Waals surface area contributed by atoms with Gasteiger partial charge >= 0.3 is 0 Å². The number of allylic oxidation sites excluding steroid dienone is 1. The van der Waals surface area contributed by atoms with Crippen LogP contribution in [-0.4, -0.2) is 34.7 Å². The number of hydrogen-bond donors (Lipinski definition) is 2. The molecule has 0 unspecified atom stereocenters. The standard InChI is InChI=1S/C23H31FN4O2/c1-4-30-12-11-28-20-13-17(16-5-8-18(24)9-6-16)7-10-19(20)27-21(28)14-26-22(15(2)3)23(25)29/h5-6,8-9,13,15,22,26H,4,7,10-12,14H2,1-3H3,(H2,25,29)/t22-/m0/s1. The Hall–Kier alpha value is -2.51. The number of primary amides is 1. The molecule has 0 bridgehead atoms. The predicted molar refractivity (Wildman–Crippen MR) is 116 cm³/mol. The van der Waals surface area contributed by atoms with Crippen molar-refractivity contribution in [3.05, 3.63) is 52.9 Å². The van der Waals surface area contributed by atoms with Crippen molar-refractivity contribution in [1.29, 1.82) is 0 Å². The predicted octanol–water partition coefficient (Wildman–Crippen LogP) is 3.15. The van der Waals surface area contributed by atoms with E-state index in [0.29, 0.717) is 26.3 Å². The van der Waals surface area contributed by atoms with Crippen molar-refractivity contribution in [2.75, 3.05) is 13.2 Å². The lowest BCUT2D eigenvalue weighted by atomic mass is 9.94. The lowest BCUT2D eigenvalue weighted by Gasteiger charge is -2.20. The van der Waals surface area contributed by atoms with Gasteiger partial charge in [0.05, 0.1) is 30.6 Å². The van der Waals surface area contributed by atoms with E-state index >= 15 is 0 Å². The van der Waals surface area contributed by atoms with Gasteiger partial charge in [0, 0.05) is 13.2 Å². The van der Waals surface area contributed by atoms with Crippen LogP contribution in [0, 0.1) is 11.7 Å². The zero-order valence-electron chi connectivity index (χ0n) is 18.0. The summed E-state index contributed by atoms with van der Waals surface area (Å²) in [5.74, 6) is 0.359. The maximum Gasteiger partial charge on any atom is 0.234 e. The van der Waals surface area contributed by atoms with Crippen LogP contribution in [0.5, 0.6) is 0 Å². The molecule has 1 aliphatic rings. The second-order valence-corrected chi connectivity index (χ2v) is 7.89. The quantitative estimate of drug-likeness (QED) is 0.585. The highest BCUT2D eigenvalue weighted by Crippen LogP contribution is 2.31. The minimum atomic E-state index is -0.413. The molecule has 1 aromatic carbocycles. The average Bonchev–Trinajstić information content (AvgIpc) is 3.05. The second kappa shape index (κ2) is 10.00. The van der Waals surface area contributed by atoms with E-state index in [1.165, 1.54) is 12.1 Å². The molecule has 30 heavy (non-hydrogen) atoms. The second-order valence-electron chi connectivity index (χ2n) is 7.89. The molecule has 1 aromatic heterocycles. The normalized spacial score (nSPS) is 14.5. The number of benzene rings is 1. The van der Waals surface area contributed by atoms with Crippen molar-refractivity contribution < 1.29 is 13.9 Å². The molecule has 2 aromatic rings. The number of ether oxygens (including phenoxy) is 1. The van der Waals surface area contributed by atoms with Crippen LogP contribution in [0.25, 0.3) is 11.6 Å². The van der Waals surface area contributed by atoms with Gasteiger partial charge in [-0.25, -0.2) is 9.37 Å². The molecule has 3 N–H and O–H groups in total. The summed E-state index contributed by atoms with van der Waals surface area (Å²) in [6.45, 7) is 8.25. The van der Waals surface area contributed by atoms with Crippen LogP contribution < -0.4 is 11.1 Å². The largest absolute Gasteiger partial charge is 0.380 e. The lowest BCUT2D eigenvalue weighted by Crippen LogP contribution is -2.44. The molecule has 1 aliphatic carbocycles. The Labute approximate surface area is 177 Å². The van der Waals surface area contributed by atoms with Gasteiger partial charge in [-0.3, -0.25) is 10.1 Å². The molecule has 0 fully saturated rings. The number of imidazole rings is 1. The molecular weight excluding hydrogens is 383 g/mol. The van der Waals surface area contributed by atoms with Crippen molar-refractivity contribution in [2.45, 2.75) is 52.7 Å². The third-order valence-electron chi connectivity index (χ3n) is 5.44. The number of nitrogens with two attached hydrogens (primary N) is 1. The van der Waals surface area contributed by atoms with Gasteiger partial charge in [0.25, 0.3) is 0 Å². The number of amides is 1. The van der Waals surface area contributed by atoms with Crippen molar-refractivity contribution in [3.8, 4) is 0 Å². The first kappa shape index (κ1) is 22.2. The first-order chi connectivity index (χ1) is 14.4. The van der Waals surface area contributed by atoms with Gasteiger partial charge in [-0.2, -0.15) is 0 Å². The molecular formula is C23H31FN4O2. The van der Waals surface area contributed by atoms with Gasteiger partial charge < -0.3 is 15.0 Å². The third-order valence-corrected chi connectivity index (χ3v) is 5.44. The molecule has 0 aliphatic heterocycles. The first-order valence-corrected chi connectivity index (χ1v) is 10.6. The summed E-state index contributed by atoms with van der Waals surface area (Å²) in [5, 5.41) is 3.26. The number of hydrogen-bond acceptors (Lipinski definition) is 4. The van der Waals surface area contributed by atoms with E-state index in [0.717, 1.165) is 41.2 Å².